The molecule has 0 unspecified atom stereocenters. The molecule has 3 rings (SSSR count). The molecule has 0 saturated heterocycles. The van der Waals surface area contributed by atoms with Gasteiger partial charge in [0.2, 0.25) is 5.91 Å². The zero-order chi connectivity index (χ0) is 17.1. The van der Waals surface area contributed by atoms with Gasteiger partial charge in [0, 0.05) is 30.6 Å². The van der Waals surface area contributed by atoms with Crippen LogP contribution in [0.5, 0.6) is 0 Å². The fraction of sp³-hybridized carbons (Fsp3) is 0.316. The van der Waals surface area contributed by atoms with Gasteiger partial charge < -0.3 is 4.90 Å². The van der Waals surface area contributed by atoms with Gasteiger partial charge in [-0.3, -0.25) is 4.79 Å². The topological polar surface area (TPSA) is 20.3 Å². The Morgan fingerprint density at radius 2 is 1.67 bits per heavy atom. The maximum absolute atomic E-state index is 13.8. The van der Waals surface area contributed by atoms with Crippen LogP contribution < -0.4 is 0 Å². The van der Waals surface area contributed by atoms with Crippen LogP contribution in [0.4, 0.5) is 13.2 Å². The lowest BCUT2D eigenvalue weighted by Crippen LogP contribution is -2.33. The van der Waals surface area contributed by atoms with Crippen molar-refractivity contribution in [1.29, 1.82) is 0 Å². The highest BCUT2D eigenvalue weighted by atomic mass is 19.1. The monoisotopic (exact) mass is 333 g/mol. The maximum atomic E-state index is 13.8. The molecule has 2 aromatic carbocycles. The first-order chi connectivity index (χ1) is 11.5. The van der Waals surface area contributed by atoms with Gasteiger partial charge in [0.1, 0.15) is 17.5 Å². The van der Waals surface area contributed by atoms with Crippen molar-refractivity contribution in [3.8, 4) is 0 Å². The highest BCUT2D eigenvalue weighted by molar-refractivity contribution is 5.77. The molecule has 2 nitrogen and oxygen atoms in total. The lowest BCUT2D eigenvalue weighted by molar-refractivity contribution is -0.132. The third kappa shape index (κ3) is 4.16. The van der Waals surface area contributed by atoms with Gasteiger partial charge >= 0.3 is 0 Å². The Balaban J connectivity index is 1.64. The molecule has 24 heavy (non-hydrogen) atoms. The summed E-state index contributed by atoms with van der Waals surface area (Å²) < 4.78 is 39.7. The lowest BCUT2D eigenvalue weighted by atomic mass is 10.1. The van der Waals surface area contributed by atoms with Crippen LogP contribution in [0.25, 0.3) is 0 Å². The van der Waals surface area contributed by atoms with Crippen molar-refractivity contribution in [1.82, 2.24) is 4.90 Å². The smallest absolute Gasteiger partial charge is 0.223 e. The summed E-state index contributed by atoms with van der Waals surface area (Å²) in [5.74, 6) is -1.63. The standard InChI is InChI=1S/C19H18F3NO/c20-15-5-1-13(2-6-15)3-10-19(24)23(17-8-9-17)12-14-4-7-16(21)11-18(14)22/h1-2,4-7,11,17H,3,8-10,12H2. The zero-order valence-electron chi connectivity index (χ0n) is 13.1. The van der Waals surface area contributed by atoms with Gasteiger partial charge in [-0.15, -0.1) is 0 Å². The second-order valence-corrected chi connectivity index (χ2v) is 6.12. The van der Waals surface area contributed by atoms with E-state index >= 15 is 0 Å². The summed E-state index contributed by atoms with van der Waals surface area (Å²) in [6, 6.07) is 9.60. The number of benzene rings is 2. The van der Waals surface area contributed by atoms with Crippen molar-refractivity contribution < 1.29 is 18.0 Å². The van der Waals surface area contributed by atoms with Crippen LogP contribution in [-0.2, 0) is 17.8 Å². The molecule has 1 saturated carbocycles. The van der Waals surface area contributed by atoms with Crippen molar-refractivity contribution in [3.63, 3.8) is 0 Å². The molecule has 0 aliphatic heterocycles. The van der Waals surface area contributed by atoms with Crippen LogP contribution in [0.15, 0.2) is 42.5 Å². The molecule has 0 spiro atoms. The second-order valence-electron chi connectivity index (χ2n) is 6.12. The number of aryl methyl sites for hydroxylation is 1. The molecule has 1 aliphatic carbocycles. The van der Waals surface area contributed by atoms with E-state index in [1.54, 1.807) is 17.0 Å². The third-order valence-corrected chi connectivity index (χ3v) is 4.20. The third-order valence-electron chi connectivity index (χ3n) is 4.20. The molecule has 1 fully saturated rings. The lowest BCUT2D eigenvalue weighted by Gasteiger charge is -2.23. The van der Waals surface area contributed by atoms with E-state index in [0.29, 0.717) is 12.0 Å². The van der Waals surface area contributed by atoms with Crippen LogP contribution in [0.3, 0.4) is 0 Å². The normalized spacial score (nSPS) is 13.8. The van der Waals surface area contributed by atoms with Crippen LogP contribution >= 0.6 is 0 Å². The molecule has 0 radical (unpaired) electrons. The van der Waals surface area contributed by atoms with Gasteiger partial charge in [-0.05, 0) is 43.0 Å². The van der Waals surface area contributed by atoms with Crippen LogP contribution in [0.2, 0.25) is 0 Å². The van der Waals surface area contributed by atoms with Gasteiger partial charge in [-0.25, -0.2) is 13.2 Å². The first-order valence-electron chi connectivity index (χ1n) is 8.01. The molecule has 5 heteroatoms. The van der Waals surface area contributed by atoms with Gasteiger partial charge in [-0.1, -0.05) is 18.2 Å². The SMILES string of the molecule is O=C(CCc1ccc(F)cc1)N(Cc1ccc(F)cc1F)C1CC1. The Morgan fingerprint density at radius 1 is 1.00 bits per heavy atom. The van der Waals surface area contributed by atoms with Crippen LogP contribution in [-0.4, -0.2) is 16.8 Å². The van der Waals surface area contributed by atoms with Crippen molar-refractivity contribution in [3.05, 3.63) is 71.0 Å². The Kier molecular flexibility index (Phi) is 4.88. The van der Waals surface area contributed by atoms with Crippen molar-refractivity contribution >= 4 is 5.91 Å². The molecular weight excluding hydrogens is 315 g/mol. The van der Waals surface area contributed by atoms with Gasteiger partial charge in [0.25, 0.3) is 0 Å². The molecule has 1 aliphatic rings. The van der Waals surface area contributed by atoms with E-state index in [1.807, 2.05) is 0 Å². The number of nitrogens with zero attached hydrogens (tertiary/aromatic N) is 1. The van der Waals surface area contributed by atoms with Crippen molar-refractivity contribution in [2.45, 2.75) is 38.3 Å². The predicted molar refractivity (Wildman–Crippen MR) is 84.7 cm³/mol. The van der Waals surface area contributed by atoms with E-state index in [0.717, 1.165) is 24.5 Å². The second kappa shape index (κ2) is 7.07. The quantitative estimate of drug-likeness (QED) is 0.775. The predicted octanol–water partition coefficient (Wildman–Crippen LogP) is 4.23. The van der Waals surface area contributed by atoms with Gasteiger partial charge in [-0.2, -0.15) is 0 Å². The largest absolute Gasteiger partial charge is 0.335 e. The summed E-state index contributed by atoms with van der Waals surface area (Å²) in [4.78, 5) is 14.2. The Labute approximate surface area is 138 Å². The number of carbonyl (C=O) groups is 1. The Bertz CT molecular complexity index is 726. The fourth-order valence-electron chi connectivity index (χ4n) is 2.69. The van der Waals surface area contributed by atoms with E-state index in [1.165, 1.54) is 24.3 Å². The van der Waals surface area contributed by atoms with E-state index < -0.39 is 11.6 Å². The number of hydrogen-bond acceptors (Lipinski definition) is 1. The molecule has 2 aromatic rings. The molecule has 0 N–H and O–H groups in total. The summed E-state index contributed by atoms with van der Waals surface area (Å²) in [6.07, 6.45) is 2.61. The summed E-state index contributed by atoms with van der Waals surface area (Å²) in [5, 5.41) is 0. The zero-order valence-corrected chi connectivity index (χ0v) is 13.1. The number of hydrogen-bond donors (Lipinski definition) is 0. The molecule has 0 bridgehead atoms. The number of amides is 1. The highest BCUT2D eigenvalue weighted by Gasteiger charge is 2.32. The number of rotatable bonds is 6. The van der Waals surface area contributed by atoms with Crippen LogP contribution in [0, 0.1) is 17.5 Å². The molecule has 0 heterocycles. The van der Waals surface area contributed by atoms with Gasteiger partial charge in [0.15, 0.2) is 0 Å². The van der Waals surface area contributed by atoms with E-state index in [4.69, 9.17) is 0 Å². The molecule has 1 amide bonds. The summed E-state index contributed by atoms with van der Waals surface area (Å²) in [7, 11) is 0. The Morgan fingerprint density at radius 3 is 2.29 bits per heavy atom. The first kappa shape index (κ1) is 16.6. The van der Waals surface area contributed by atoms with Crippen molar-refractivity contribution in [2.24, 2.45) is 0 Å². The van der Waals surface area contributed by atoms with Gasteiger partial charge in [0.05, 0.1) is 0 Å². The molecule has 0 atom stereocenters. The molecule has 126 valence electrons. The Hall–Kier alpha value is -2.30. The van der Waals surface area contributed by atoms with Crippen molar-refractivity contribution in [2.75, 3.05) is 0 Å². The number of carbonyl (C=O) groups excluding carboxylic acids is 1. The molecule has 0 aromatic heterocycles. The van der Waals surface area contributed by atoms with E-state index in [9.17, 15) is 18.0 Å². The minimum Gasteiger partial charge on any atom is -0.335 e. The minimum atomic E-state index is -0.632. The summed E-state index contributed by atoms with van der Waals surface area (Å²) in [6.45, 7) is 0.152. The minimum absolute atomic E-state index is 0.0643. The fourth-order valence-corrected chi connectivity index (χ4v) is 2.69. The summed E-state index contributed by atoms with van der Waals surface area (Å²) in [5.41, 5.74) is 1.20. The number of halogens is 3. The summed E-state index contributed by atoms with van der Waals surface area (Å²) >= 11 is 0. The molecular formula is C19H18F3NO. The average Bonchev–Trinajstić information content (AvgIpc) is 3.38. The van der Waals surface area contributed by atoms with Crippen LogP contribution in [0.1, 0.15) is 30.4 Å². The maximum Gasteiger partial charge on any atom is 0.223 e. The highest BCUT2D eigenvalue weighted by Crippen LogP contribution is 2.29. The first-order valence-corrected chi connectivity index (χ1v) is 8.01. The van der Waals surface area contributed by atoms with E-state index in [-0.39, 0.29) is 30.7 Å². The average molecular weight is 333 g/mol. The van der Waals surface area contributed by atoms with E-state index in [2.05, 4.69) is 0 Å².